The fourth-order valence-electron chi connectivity index (χ4n) is 3.37. The second-order valence-electron chi connectivity index (χ2n) is 7.06. The van der Waals surface area contributed by atoms with Crippen molar-refractivity contribution in [3.8, 4) is 0 Å². The standard InChI is InChI=1S/C23H22F3NO3S/c1-16-12-14-18(15-13-16)31(28,29)27-21(22(30-2)17-8-4-3-5-9-17)19-10-6-7-11-20(19)23(24,25)26/h3-15,21-22,27H,1-2H3/t21-,22+/m1/s1. The average molecular weight is 449 g/mol. The third kappa shape index (κ3) is 5.33. The molecule has 0 heterocycles. The van der Waals surface area contributed by atoms with Gasteiger partial charge in [0.05, 0.1) is 16.5 Å². The molecule has 0 bridgehead atoms. The molecule has 0 fully saturated rings. The summed E-state index contributed by atoms with van der Waals surface area (Å²) >= 11 is 0. The summed E-state index contributed by atoms with van der Waals surface area (Å²) in [7, 11) is -2.81. The lowest BCUT2D eigenvalue weighted by Crippen LogP contribution is -2.34. The zero-order valence-electron chi connectivity index (χ0n) is 16.9. The van der Waals surface area contributed by atoms with E-state index in [1.807, 2.05) is 6.92 Å². The Morgan fingerprint density at radius 2 is 1.45 bits per heavy atom. The van der Waals surface area contributed by atoms with Gasteiger partial charge in [-0.05, 0) is 36.2 Å². The maximum Gasteiger partial charge on any atom is 0.416 e. The van der Waals surface area contributed by atoms with Crippen LogP contribution in [0.2, 0.25) is 0 Å². The van der Waals surface area contributed by atoms with E-state index in [0.717, 1.165) is 11.6 Å². The molecule has 0 saturated heterocycles. The number of alkyl halides is 3. The highest BCUT2D eigenvalue weighted by Crippen LogP contribution is 2.40. The molecule has 3 aromatic rings. The zero-order valence-corrected chi connectivity index (χ0v) is 17.7. The van der Waals surface area contributed by atoms with Gasteiger partial charge in [0.2, 0.25) is 10.0 Å². The highest BCUT2D eigenvalue weighted by Gasteiger charge is 2.39. The number of methoxy groups -OCH3 is 1. The monoisotopic (exact) mass is 449 g/mol. The molecular formula is C23H22F3NO3S. The Balaban J connectivity index is 2.15. The first-order valence-electron chi connectivity index (χ1n) is 9.46. The van der Waals surface area contributed by atoms with Crippen LogP contribution in [0.25, 0.3) is 0 Å². The summed E-state index contributed by atoms with van der Waals surface area (Å²) in [6.45, 7) is 1.81. The number of hydrogen-bond donors (Lipinski definition) is 1. The van der Waals surface area contributed by atoms with Gasteiger partial charge >= 0.3 is 6.18 Å². The Hall–Kier alpha value is -2.68. The fourth-order valence-corrected chi connectivity index (χ4v) is 4.59. The predicted molar refractivity (Wildman–Crippen MR) is 112 cm³/mol. The molecule has 1 N–H and O–H groups in total. The summed E-state index contributed by atoms with van der Waals surface area (Å²) in [6.07, 6.45) is -5.66. The molecule has 31 heavy (non-hydrogen) atoms. The van der Waals surface area contributed by atoms with Gasteiger partial charge < -0.3 is 4.74 Å². The molecule has 4 nitrogen and oxygen atoms in total. The van der Waals surface area contributed by atoms with Gasteiger partial charge in [-0.2, -0.15) is 13.2 Å². The zero-order chi connectivity index (χ0) is 22.6. The van der Waals surface area contributed by atoms with Crippen LogP contribution < -0.4 is 4.72 Å². The molecule has 8 heteroatoms. The maximum absolute atomic E-state index is 13.8. The minimum Gasteiger partial charge on any atom is -0.375 e. The quantitative estimate of drug-likeness (QED) is 0.524. The smallest absolute Gasteiger partial charge is 0.375 e. The van der Waals surface area contributed by atoms with Crippen molar-refractivity contribution in [2.24, 2.45) is 0 Å². The summed E-state index contributed by atoms with van der Waals surface area (Å²) in [5.74, 6) is 0. The molecule has 3 rings (SSSR count). The normalized spacial score (nSPS) is 14.2. The lowest BCUT2D eigenvalue weighted by molar-refractivity contribution is -0.138. The molecule has 0 spiro atoms. The van der Waals surface area contributed by atoms with E-state index in [0.29, 0.717) is 5.56 Å². The average Bonchev–Trinajstić information content (AvgIpc) is 2.74. The third-order valence-electron chi connectivity index (χ3n) is 4.90. The molecular weight excluding hydrogens is 427 g/mol. The van der Waals surface area contributed by atoms with Gasteiger partial charge in [-0.15, -0.1) is 0 Å². The van der Waals surface area contributed by atoms with Crippen LogP contribution in [0.15, 0.2) is 83.8 Å². The SMILES string of the molecule is CO[C@@H](c1ccccc1)[C@H](NS(=O)(=O)c1ccc(C)cc1)c1ccccc1C(F)(F)F. The second kappa shape index (κ2) is 9.21. The number of halogens is 3. The number of nitrogens with one attached hydrogen (secondary N) is 1. The lowest BCUT2D eigenvalue weighted by atomic mass is 9.92. The maximum atomic E-state index is 13.8. The molecule has 0 aliphatic carbocycles. The Bertz CT molecular complexity index is 1110. The van der Waals surface area contributed by atoms with E-state index in [2.05, 4.69) is 4.72 Å². The van der Waals surface area contributed by atoms with Crippen molar-refractivity contribution >= 4 is 10.0 Å². The largest absolute Gasteiger partial charge is 0.416 e. The molecule has 0 aromatic heterocycles. The van der Waals surface area contributed by atoms with E-state index in [1.165, 1.54) is 37.4 Å². The number of ether oxygens (including phenoxy) is 1. The lowest BCUT2D eigenvalue weighted by Gasteiger charge is -2.29. The van der Waals surface area contributed by atoms with Crippen LogP contribution in [-0.4, -0.2) is 15.5 Å². The first-order valence-corrected chi connectivity index (χ1v) is 10.9. The number of aryl methyl sites for hydroxylation is 1. The van der Waals surface area contributed by atoms with Crippen molar-refractivity contribution in [1.82, 2.24) is 4.72 Å². The van der Waals surface area contributed by atoms with Crippen LogP contribution in [0.5, 0.6) is 0 Å². The van der Waals surface area contributed by atoms with Crippen LogP contribution >= 0.6 is 0 Å². The van der Waals surface area contributed by atoms with Gasteiger partial charge in [-0.1, -0.05) is 66.2 Å². The van der Waals surface area contributed by atoms with Gasteiger partial charge in [-0.25, -0.2) is 13.1 Å². The molecule has 2 atom stereocenters. The van der Waals surface area contributed by atoms with Gasteiger partial charge in [0.25, 0.3) is 0 Å². The van der Waals surface area contributed by atoms with Crippen molar-refractivity contribution in [3.63, 3.8) is 0 Å². The van der Waals surface area contributed by atoms with Gasteiger partial charge in [0.1, 0.15) is 6.10 Å². The highest BCUT2D eigenvalue weighted by molar-refractivity contribution is 7.89. The summed E-state index contributed by atoms with van der Waals surface area (Å²) in [6, 6.07) is 18.2. The van der Waals surface area contributed by atoms with E-state index in [4.69, 9.17) is 4.74 Å². The van der Waals surface area contributed by atoms with Crippen molar-refractivity contribution in [2.45, 2.75) is 30.1 Å². The summed E-state index contributed by atoms with van der Waals surface area (Å²) in [5, 5.41) is 0. The number of sulfonamides is 1. The molecule has 164 valence electrons. The van der Waals surface area contributed by atoms with Gasteiger partial charge in [-0.3, -0.25) is 0 Å². The molecule has 0 radical (unpaired) electrons. The number of rotatable bonds is 7. The molecule has 0 aliphatic rings. The van der Waals surface area contributed by atoms with Crippen molar-refractivity contribution in [1.29, 1.82) is 0 Å². The topological polar surface area (TPSA) is 55.4 Å². The van der Waals surface area contributed by atoms with Crippen LogP contribution in [0, 0.1) is 6.92 Å². The van der Waals surface area contributed by atoms with E-state index >= 15 is 0 Å². The summed E-state index contributed by atoms with van der Waals surface area (Å²) in [4.78, 5) is -0.0458. The van der Waals surface area contributed by atoms with E-state index in [-0.39, 0.29) is 10.5 Å². The fraction of sp³-hybridized carbons (Fsp3) is 0.217. The van der Waals surface area contributed by atoms with Gasteiger partial charge in [0.15, 0.2) is 0 Å². The minimum absolute atomic E-state index is 0.0458. The Labute approximate surface area is 179 Å². The Morgan fingerprint density at radius 3 is 2.03 bits per heavy atom. The molecule has 0 saturated carbocycles. The number of benzene rings is 3. The van der Waals surface area contributed by atoms with Crippen molar-refractivity contribution < 1.29 is 26.3 Å². The molecule has 0 amide bonds. The molecule has 0 aliphatic heterocycles. The van der Waals surface area contributed by atoms with Crippen molar-refractivity contribution in [2.75, 3.05) is 7.11 Å². The predicted octanol–water partition coefficient (Wildman–Crippen LogP) is 5.42. The molecule has 3 aromatic carbocycles. The Kier molecular flexibility index (Phi) is 6.83. The highest BCUT2D eigenvalue weighted by atomic mass is 32.2. The second-order valence-corrected chi connectivity index (χ2v) is 8.78. The first kappa shape index (κ1) is 23.0. The van der Waals surface area contributed by atoms with Crippen molar-refractivity contribution in [3.05, 3.63) is 101 Å². The van der Waals surface area contributed by atoms with Crippen LogP contribution in [0.3, 0.4) is 0 Å². The third-order valence-corrected chi connectivity index (χ3v) is 6.36. The molecule has 0 unspecified atom stereocenters. The van der Waals surface area contributed by atoms with E-state index < -0.39 is 33.9 Å². The summed E-state index contributed by atoms with van der Waals surface area (Å²) in [5.41, 5.74) is 0.251. The van der Waals surface area contributed by atoms with Crippen LogP contribution in [0.1, 0.15) is 34.4 Å². The summed E-state index contributed by atoms with van der Waals surface area (Å²) < 4.78 is 75.4. The van der Waals surface area contributed by atoms with Crippen LogP contribution in [0.4, 0.5) is 13.2 Å². The minimum atomic E-state index is -4.67. The van der Waals surface area contributed by atoms with Crippen LogP contribution in [-0.2, 0) is 20.9 Å². The first-order chi connectivity index (χ1) is 14.6. The van der Waals surface area contributed by atoms with E-state index in [1.54, 1.807) is 42.5 Å². The Morgan fingerprint density at radius 1 is 0.871 bits per heavy atom. The van der Waals surface area contributed by atoms with E-state index in [9.17, 15) is 21.6 Å². The number of hydrogen-bond acceptors (Lipinski definition) is 3. The van der Waals surface area contributed by atoms with Gasteiger partial charge in [0, 0.05) is 7.11 Å².